The maximum absolute atomic E-state index is 12.0. The van der Waals surface area contributed by atoms with Crippen LogP contribution >= 0.6 is 0 Å². The highest BCUT2D eigenvalue weighted by Gasteiger charge is 2.09. The van der Waals surface area contributed by atoms with E-state index < -0.39 is 22.8 Å². The van der Waals surface area contributed by atoms with Crippen molar-refractivity contribution < 1.29 is 24.4 Å². The Morgan fingerprint density at radius 3 is 2.07 bits per heavy atom. The van der Waals surface area contributed by atoms with Gasteiger partial charge in [0.15, 0.2) is 0 Å². The van der Waals surface area contributed by atoms with Crippen molar-refractivity contribution in [2.75, 3.05) is 16.0 Å². The van der Waals surface area contributed by atoms with Gasteiger partial charge < -0.3 is 21.1 Å². The molecule has 0 aliphatic carbocycles. The highest BCUT2D eigenvalue weighted by Crippen LogP contribution is 2.18. The van der Waals surface area contributed by atoms with Gasteiger partial charge in [-0.05, 0) is 30.3 Å². The number of hydrogen-bond acceptors (Lipinski definition) is 5. The Morgan fingerprint density at radius 2 is 1.48 bits per heavy atom. The zero-order chi connectivity index (χ0) is 19.8. The zero-order valence-electron chi connectivity index (χ0n) is 14.0. The molecule has 4 N–H and O–H groups in total. The fourth-order valence-corrected chi connectivity index (χ4v) is 2.07. The van der Waals surface area contributed by atoms with E-state index in [-0.39, 0.29) is 24.2 Å². The van der Waals surface area contributed by atoms with Gasteiger partial charge in [-0.3, -0.25) is 19.7 Å². The minimum atomic E-state index is -1.06. The summed E-state index contributed by atoms with van der Waals surface area (Å²) in [6.07, 6.45) is -0.399. The van der Waals surface area contributed by atoms with E-state index in [1.165, 1.54) is 24.3 Å². The number of rotatable bonds is 7. The summed E-state index contributed by atoms with van der Waals surface area (Å²) in [5.41, 5.74) is 1.01. The van der Waals surface area contributed by atoms with Crippen molar-refractivity contribution in [1.29, 1.82) is 0 Å². The van der Waals surface area contributed by atoms with Crippen molar-refractivity contribution in [2.24, 2.45) is 0 Å². The molecule has 0 aromatic heterocycles. The van der Waals surface area contributed by atoms with Gasteiger partial charge in [0.2, 0.25) is 5.91 Å². The standard InChI is InChI=1S/C17H16N4O6/c22-15(8-9-16(23)24)18-11-4-6-12(7-5-11)19-17(25)20-13-2-1-3-14(10-13)21(26)27/h1-7,10H,8-9H2,(H,18,22)(H,23,24)(H2,19,20,25). The largest absolute Gasteiger partial charge is 0.481 e. The Hall–Kier alpha value is -3.95. The zero-order valence-corrected chi connectivity index (χ0v) is 14.0. The number of carboxylic acid groups (broad SMARTS) is 1. The van der Waals surface area contributed by atoms with E-state index in [0.717, 1.165) is 0 Å². The third-order valence-electron chi connectivity index (χ3n) is 3.31. The fourth-order valence-electron chi connectivity index (χ4n) is 2.07. The van der Waals surface area contributed by atoms with Gasteiger partial charge in [-0.2, -0.15) is 0 Å². The first-order valence-corrected chi connectivity index (χ1v) is 7.77. The summed E-state index contributed by atoms with van der Waals surface area (Å²) in [5, 5.41) is 26.8. The van der Waals surface area contributed by atoms with E-state index in [1.54, 1.807) is 24.3 Å². The molecule has 0 unspecified atom stereocenters. The second-order valence-corrected chi connectivity index (χ2v) is 5.41. The van der Waals surface area contributed by atoms with Gasteiger partial charge in [0.25, 0.3) is 5.69 Å². The van der Waals surface area contributed by atoms with Gasteiger partial charge >= 0.3 is 12.0 Å². The quantitative estimate of drug-likeness (QED) is 0.433. The number of carbonyl (C=O) groups excluding carboxylic acids is 2. The van der Waals surface area contributed by atoms with Gasteiger partial charge in [-0.1, -0.05) is 6.07 Å². The normalized spacial score (nSPS) is 9.93. The Balaban J connectivity index is 1.89. The molecule has 0 saturated heterocycles. The highest BCUT2D eigenvalue weighted by molar-refractivity contribution is 6.00. The second kappa shape index (κ2) is 8.94. The van der Waals surface area contributed by atoms with Crippen molar-refractivity contribution in [2.45, 2.75) is 12.8 Å². The molecule has 3 amide bonds. The van der Waals surface area contributed by atoms with Crippen LogP contribution in [0.1, 0.15) is 12.8 Å². The van der Waals surface area contributed by atoms with Crippen LogP contribution in [0.15, 0.2) is 48.5 Å². The topological polar surface area (TPSA) is 151 Å². The SMILES string of the molecule is O=C(O)CCC(=O)Nc1ccc(NC(=O)Nc2cccc([N+](=O)[O-])c2)cc1. The first kappa shape index (κ1) is 19.4. The van der Waals surface area contributed by atoms with E-state index in [9.17, 15) is 24.5 Å². The van der Waals surface area contributed by atoms with Crippen LogP contribution in [-0.2, 0) is 9.59 Å². The van der Waals surface area contributed by atoms with Crippen LogP contribution in [0.25, 0.3) is 0 Å². The molecule has 0 aliphatic heterocycles. The summed E-state index contributed by atoms with van der Waals surface area (Å²) in [6, 6.07) is 11.1. The van der Waals surface area contributed by atoms with Crippen LogP contribution in [0.3, 0.4) is 0 Å². The lowest BCUT2D eigenvalue weighted by Gasteiger charge is -2.09. The van der Waals surface area contributed by atoms with E-state index >= 15 is 0 Å². The number of anilines is 3. The predicted molar refractivity (Wildman–Crippen MR) is 97.7 cm³/mol. The Labute approximate surface area is 153 Å². The van der Waals surface area contributed by atoms with Crippen LogP contribution in [0.5, 0.6) is 0 Å². The van der Waals surface area contributed by atoms with Crippen LogP contribution < -0.4 is 16.0 Å². The molecule has 10 heteroatoms. The monoisotopic (exact) mass is 372 g/mol. The molecule has 0 radical (unpaired) electrons. The fraction of sp³-hybridized carbons (Fsp3) is 0.118. The molecular weight excluding hydrogens is 356 g/mol. The first-order valence-electron chi connectivity index (χ1n) is 7.77. The third-order valence-corrected chi connectivity index (χ3v) is 3.31. The molecule has 0 spiro atoms. The lowest BCUT2D eigenvalue weighted by atomic mass is 10.2. The van der Waals surface area contributed by atoms with Gasteiger partial charge in [0.1, 0.15) is 0 Å². The van der Waals surface area contributed by atoms with Crippen molar-refractivity contribution in [1.82, 2.24) is 0 Å². The molecule has 0 bridgehead atoms. The molecule has 0 heterocycles. The average molecular weight is 372 g/mol. The number of amides is 3. The van der Waals surface area contributed by atoms with Gasteiger partial charge in [-0.25, -0.2) is 4.79 Å². The van der Waals surface area contributed by atoms with E-state index in [1.807, 2.05) is 0 Å². The number of non-ortho nitro benzene ring substituents is 1. The number of aliphatic carboxylic acids is 1. The second-order valence-electron chi connectivity index (χ2n) is 5.41. The number of nitrogens with one attached hydrogen (secondary N) is 3. The lowest BCUT2D eigenvalue weighted by Crippen LogP contribution is -2.19. The lowest BCUT2D eigenvalue weighted by molar-refractivity contribution is -0.384. The number of nitrogens with zero attached hydrogens (tertiary/aromatic N) is 1. The summed E-state index contributed by atoms with van der Waals surface area (Å²) >= 11 is 0. The minimum Gasteiger partial charge on any atom is -0.481 e. The van der Waals surface area contributed by atoms with Gasteiger partial charge in [0.05, 0.1) is 11.3 Å². The summed E-state index contributed by atoms with van der Waals surface area (Å²) in [4.78, 5) is 44.1. The van der Waals surface area contributed by atoms with Crippen molar-refractivity contribution in [3.63, 3.8) is 0 Å². The average Bonchev–Trinajstić information content (AvgIpc) is 2.62. The third kappa shape index (κ3) is 6.46. The first-order chi connectivity index (χ1) is 12.8. The van der Waals surface area contributed by atoms with Crippen LogP contribution in [0.2, 0.25) is 0 Å². The Kier molecular flexibility index (Phi) is 6.42. The van der Waals surface area contributed by atoms with E-state index in [0.29, 0.717) is 11.4 Å². The molecule has 2 aromatic rings. The van der Waals surface area contributed by atoms with Crippen LogP contribution in [-0.4, -0.2) is 27.9 Å². The minimum absolute atomic E-state index is 0.138. The number of carbonyl (C=O) groups is 3. The number of carboxylic acids is 1. The molecule has 0 fully saturated rings. The van der Waals surface area contributed by atoms with Crippen molar-refractivity contribution >= 4 is 40.7 Å². The summed E-state index contributed by atoms with van der Waals surface area (Å²) < 4.78 is 0. The molecule has 2 rings (SSSR count). The molecular formula is C17H16N4O6. The smallest absolute Gasteiger partial charge is 0.323 e. The van der Waals surface area contributed by atoms with E-state index in [2.05, 4.69) is 16.0 Å². The predicted octanol–water partition coefficient (Wildman–Crippen LogP) is 3.04. The number of nitro groups is 1. The van der Waals surface area contributed by atoms with Crippen molar-refractivity contribution in [3.8, 4) is 0 Å². The highest BCUT2D eigenvalue weighted by atomic mass is 16.6. The molecule has 2 aromatic carbocycles. The summed E-state index contributed by atoms with van der Waals surface area (Å²) in [5.74, 6) is -1.49. The van der Waals surface area contributed by atoms with E-state index in [4.69, 9.17) is 5.11 Å². The maximum Gasteiger partial charge on any atom is 0.323 e. The van der Waals surface area contributed by atoms with Crippen LogP contribution in [0.4, 0.5) is 27.5 Å². The Bertz CT molecular complexity index is 866. The summed E-state index contributed by atoms with van der Waals surface area (Å²) in [7, 11) is 0. The molecule has 0 aliphatic rings. The molecule has 0 atom stereocenters. The number of urea groups is 1. The summed E-state index contributed by atoms with van der Waals surface area (Å²) in [6.45, 7) is 0. The number of benzene rings is 2. The maximum atomic E-state index is 12.0. The number of nitro benzene ring substituents is 1. The molecule has 27 heavy (non-hydrogen) atoms. The Morgan fingerprint density at radius 1 is 0.889 bits per heavy atom. The molecule has 0 saturated carbocycles. The van der Waals surface area contributed by atoms with Gasteiger partial charge in [-0.15, -0.1) is 0 Å². The molecule has 10 nitrogen and oxygen atoms in total. The molecule has 140 valence electrons. The number of hydrogen-bond donors (Lipinski definition) is 4. The van der Waals surface area contributed by atoms with Gasteiger partial charge in [0, 0.05) is 35.6 Å². The van der Waals surface area contributed by atoms with Crippen molar-refractivity contribution in [3.05, 3.63) is 58.6 Å². The van der Waals surface area contributed by atoms with Crippen LogP contribution in [0, 0.1) is 10.1 Å².